The minimum atomic E-state index is 0.328. The SMILES string of the molecule is CCNC(Cc1ncnn1CC(C)C)c1ccc(C)s1. The van der Waals surface area contributed by atoms with Crippen LogP contribution in [0.4, 0.5) is 0 Å². The first-order chi connectivity index (χ1) is 9.60. The van der Waals surface area contributed by atoms with Gasteiger partial charge in [0.25, 0.3) is 0 Å². The zero-order valence-corrected chi connectivity index (χ0v) is 13.6. The topological polar surface area (TPSA) is 42.7 Å². The molecule has 0 aromatic carbocycles. The Morgan fingerprint density at radius 3 is 2.75 bits per heavy atom. The average molecular weight is 292 g/mol. The van der Waals surface area contributed by atoms with Gasteiger partial charge in [0.1, 0.15) is 12.2 Å². The third-order valence-corrected chi connectivity index (χ3v) is 4.29. The first kappa shape index (κ1) is 15.2. The molecule has 5 heteroatoms. The maximum atomic E-state index is 4.44. The Kier molecular flexibility index (Phi) is 5.31. The van der Waals surface area contributed by atoms with E-state index in [-0.39, 0.29) is 0 Å². The highest BCUT2D eigenvalue weighted by atomic mass is 32.1. The number of hydrogen-bond acceptors (Lipinski definition) is 4. The highest BCUT2D eigenvalue weighted by Crippen LogP contribution is 2.25. The van der Waals surface area contributed by atoms with Crippen molar-refractivity contribution in [2.24, 2.45) is 5.92 Å². The van der Waals surface area contributed by atoms with Gasteiger partial charge in [0.15, 0.2) is 0 Å². The number of hydrogen-bond donors (Lipinski definition) is 1. The Balaban J connectivity index is 2.14. The lowest BCUT2D eigenvalue weighted by Crippen LogP contribution is -2.24. The predicted molar refractivity (Wildman–Crippen MR) is 84.0 cm³/mol. The fourth-order valence-electron chi connectivity index (χ4n) is 2.29. The zero-order valence-electron chi connectivity index (χ0n) is 12.8. The summed E-state index contributed by atoms with van der Waals surface area (Å²) in [5.41, 5.74) is 0. The molecule has 0 saturated carbocycles. The summed E-state index contributed by atoms with van der Waals surface area (Å²) >= 11 is 1.86. The van der Waals surface area contributed by atoms with Crippen molar-refractivity contribution in [1.82, 2.24) is 20.1 Å². The van der Waals surface area contributed by atoms with Gasteiger partial charge in [-0.15, -0.1) is 11.3 Å². The number of aromatic nitrogens is 3. The molecule has 1 atom stereocenters. The number of aryl methyl sites for hydroxylation is 1. The van der Waals surface area contributed by atoms with Crippen LogP contribution in [0.1, 0.15) is 42.4 Å². The van der Waals surface area contributed by atoms with Gasteiger partial charge in [-0.05, 0) is 31.5 Å². The summed E-state index contributed by atoms with van der Waals surface area (Å²) in [6.07, 6.45) is 2.56. The molecule has 1 N–H and O–H groups in total. The van der Waals surface area contributed by atoms with Gasteiger partial charge in [-0.1, -0.05) is 20.8 Å². The molecule has 0 aliphatic rings. The summed E-state index contributed by atoms with van der Waals surface area (Å²) in [6.45, 7) is 10.6. The van der Waals surface area contributed by atoms with Gasteiger partial charge in [0.2, 0.25) is 0 Å². The smallest absolute Gasteiger partial charge is 0.138 e. The van der Waals surface area contributed by atoms with E-state index in [4.69, 9.17) is 0 Å². The van der Waals surface area contributed by atoms with Crippen molar-refractivity contribution in [3.63, 3.8) is 0 Å². The van der Waals surface area contributed by atoms with Crippen LogP contribution in [0.15, 0.2) is 18.5 Å². The van der Waals surface area contributed by atoms with Crippen molar-refractivity contribution in [3.05, 3.63) is 34.0 Å². The normalized spacial score (nSPS) is 13.1. The average Bonchev–Trinajstić information content (AvgIpc) is 2.98. The van der Waals surface area contributed by atoms with Crippen LogP contribution in [0.3, 0.4) is 0 Å². The van der Waals surface area contributed by atoms with Crippen LogP contribution in [0, 0.1) is 12.8 Å². The number of thiophene rings is 1. The first-order valence-corrected chi connectivity index (χ1v) is 8.08. The maximum Gasteiger partial charge on any atom is 0.138 e. The molecule has 0 aliphatic carbocycles. The molecular formula is C15H24N4S. The molecule has 2 aromatic rings. The lowest BCUT2D eigenvalue weighted by Gasteiger charge is -2.17. The Morgan fingerprint density at radius 1 is 1.35 bits per heavy atom. The molecule has 1 unspecified atom stereocenters. The molecule has 0 radical (unpaired) electrons. The van der Waals surface area contributed by atoms with Crippen LogP contribution in [-0.2, 0) is 13.0 Å². The van der Waals surface area contributed by atoms with Gasteiger partial charge < -0.3 is 5.32 Å². The molecule has 0 fully saturated rings. The van der Waals surface area contributed by atoms with E-state index in [1.807, 2.05) is 16.0 Å². The Labute approximate surface area is 125 Å². The van der Waals surface area contributed by atoms with Crippen molar-refractivity contribution in [1.29, 1.82) is 0 Å². The molecule has 4 nitrogen and oxygen atoms in total. The summed E-state index contributed by atoms with van der Waals surface area (Å²) in [5, 5.41) is 7.91. The Hall–Kier alpha value is -1.20. The second-order valence-electron chi connectivity index (χ2n) is 5.52. The van der Waals surface area contributed by atoms with E-state index in [1.165, 1.54) is 9.75 Å². The Bertz CT molecular complexity index is 529. The van der Waals surface area contributed by atoms with E-state index in [2.05, 4.69) is 55.2 Å². The molecule has 0 bridgehead atoms. The Morgan fingerprint density at radius 2 is 2.15 bits per heavy atom. The summed E-state index contributed by atoms with van der Waals surface area (Å²) in [7, 11) is 0. The predicted octanol–water partition coefficient (Wildman–Crippen LogP) is 3.20. The van der Waals surface area contributed by atoms with Crippen LogP contribution in [0.5, 0.6) is 0 Å². The molecule has 110 valence electrons. The van der Waals surface area contributed by atoms with Crippen molar-refractivity contribution >= 4 is 11.3 Å². The van der Waals surface area contributed by atoms with E-state index < -0.39 is 0 Å². The van der Waals surface area contributed by atoms with Gasteiger partial charge in [-0.25, -0.2) is 9.67 Å². The third kappa shape index (κ3) is 3.90. The highest BCUT2D eigenvalue weighted by Gasteiger charge is 2.17. The lowest BCUT2D eigenvalue weighted by molar-refractivity contribution is 0.448. The highest BCUT2D eigenvalue weighted by molar-refractivity contribution is 7.12. The lowest BCUT2D eigenvalue weighted by atomic mass is 10.1. The molecule has 20 heavy (non-hydrogen) atoms. The fourth-order valence-corrected chi connectivity index (χ4v) is 3.24. The van der Waals surface area contributed by atoms with Crippen LogP contribution < -0.4 is 5.32 Å². The zero-order chi connectivity index (χ0) is 14.5. The number of nitrogens with one attached hydrogen (secondary N) is 1. The largest absolute Gasteiger partial charge is 0.309 e. The summed E-state index contributed by atoms with van der Waals surface area (Å²) in [5.74, 6) is 1.65. The van der Waals surface area contributed by atoms with Crippen LogP contribution in [0.2, 0.25) is 0 Å². The molecular weight excluding hydrogens is 268 g/mol. The molecule has 0 amide bonds. The van der Waals surface area contributed by atoms with Crippen LogP contribution >= 0.6 is 11.3 Å². The van der Waals surface area contributed by atoms with Crippen LogP contribution in [-0.4, -0.2) is 21.3 Å². The van der Waals surface area contributed by atoms with E-state index in [9.17, 15) is 0 Å². The molecule has 2 rings (SSSR count). The summed E-state index contributed by atoms with van der Waals surface area (Å²) in [4.78, 5) is 7.17. The minimum absolute atomic E-state index is 0.328. The van der Waals surface area contributed by atoms with Crippen molar-refractivity contribution in [2.45, 2.75) is 46.7 Å². The monoisotopic (exact) mass is 292 g/mol. The summed E-state index contributed by atoms with van der Waals surface area (Å²) in [6, 6.07) is 4.73. The van der Waals surface area contributed by atoms with E-state index >= 15 is 0 Å². The number of nitrogens with zero attached hydrogens (tertiary/aromatic N) is 3. The fraction of sp³-hybridized carbons (Fsp3) is 0.600. The van der Waals surface area contributed by atoms with Crippen molar-refractivity contribution in [3.8, 4) is 0 Å². The van der Waals surface area contributed by atoms with E-state index in [0.717, 1.165) is 25.3 Å². The summed E-state index contributed by atoms with van der Waals surface area (Å²) < 4.78 is 2.04. The van der Waals surface area contributed by atoms with E-state index in [0.29, 0.717) is 12.0 Å². The molecule has 0 saturated heterocycles. The standard InChI is InChI=1S/C15H24N4S/c1-5-16-13(14-7-6-12(4)20-14)8-15-17-10-18-19(15)9-11(2)3/h6-7,10-11,13,16H,5,8-9H2,1-4H3. The first-order valence-electron chi connectivity index (χ1n) is 7.26. The van der Waals surface area contributed by atoms with E-state index in [1.54, 1.807) is 6.33 Å². The molecule has 2 aromatic heterocycles. The van der Waals surface area contributed by atoms with Gasteiger partial charge in [0, 0.05) is 28.8 Å². The van der Waals surface area contributed by atoms with Gasteiger partial charge >= 0.3 is 0 Å². The molecule has 0 aliphatic heterocycles. The van der Waals surface area contributed by atoms with Crippen molar-refractivity contribution in [2.75, 3.05) is 6.54 Å². The number of likely N-dealkylation sites (N-methyl/N-ethyl adjacent to an activating group) is 1. The van der Waals surface area contributed by atoms with Gasteiger partial charge in [-0.2, -0.15) is 5.10 Å². The third-order valence-electron chi connectivity index (χ3n) is 3.18. The van der Waals surface area contributed by atoms with Gasteiger partial charge in [-0.3, -0.25) is 0 Å². The second-order valence-corrected chi connectivity index (χ2v) is 6.83. The van der Waals surface area contributed by atoms with Crippen molar-refractivity contribution < 1.29 is 0 Å². The van der Waals surface area contributed by atoms with Crippen LogP contribution in [0.25, 0.3) is 0 Å². The molecule has 2 heterocycles. The minimum Gasteiger partial charge on any atom is -0.309 e. The molecule has 0 spiro atoms. The second kappa shape index (κ2) is 6.99. The quantitative estimate of drug-likeness (QED) is 0.852. The van der Waals surface area contributed by atoms with Gasteiger partial charge in [0.05, 0.1) is 0 Å². The number of rotatable bonds is 7. The maximum absolute atomic E-state index is 4.44.